The van der Waals surface area contributed by atoms with Crippen molar-refractivity contribution in [1.82, 2.24) is 10.6 Å². The van der Waals surface area contributed by atoms with E-state index >= 15 is 0 Å². The predicted molar refractivity (Wildman–Crippen MR) is 74.5 cm³/mol. The van der Waals surface area contributed by atoms with Gasteiger partial charge in [-0.3, -0.25) is 0 Å². The number of fused-ring (bicyclic) bond motifs is 1. The predicted octanol–water partition coefficient (Wildman–Crippen LogP) is 1.58. The van der Waals surface area contributed by atoms with Gasteiger partial charge in [-0.1, -0.05) is 31.5 Å². The summed E-state index contributed by atoms with van der Waals surface area (Å²) in [7, 11) is 0. The van der Waals surface area contributed by atoms with Gasteiger partial charge in [-0.25, -0.2) is 0 Å². The SMILES string of the molecule is CCCC1Cc2cc(CNCCO)ccc2CN1. The van der Waals surface area contributed by atoms with E-state index in [0.717, 1.165) is 19.5 Å². The van der Waals surface area contributed by atoms with Gasteiger partial charge in [0, 0.05) is 25.7 Å². The first kappa shape index (κ1) is 13.5. The van der Waals surface area contributed by atoms with Crippen LogP contribution in [0.25, 0.3) is 0 Å². The molecule has 1 aromatic rings. The van der Waals surface area contributed by atoms with Gasteiger partial charge in [0.05, 0.1) is 6.61 Å². The van der Waals surface area contributed by atoms with Crippen molar-refractivity contribution in [2.45, 2.75) is 45.3 Å². The molecule has 1 unspecified atom stereocenters. The highest BCUT2D eigenvalue weighted by Crippen LogP contribution is 2.20. The van der Waals surface area contributed by atoms with E-state index in [1.54, 1.807) is 0 Å². The van der Waals surface area contributed by atoms with Crippen LogP contribution in [-0.4, -0.2) is 24.3 Å². The van der Waals surface area contributed by atoms with E-state index in [4.69, 9.17) is 5.11 Å². The fourth-order valence-electron chi connectivity index (χ4n) is 2.61. The molecular formula is C15H24N2O. The number of hydrogen-bond donors (Lipinski definition) is 3. The van der Waals surface area contributed by atoms with Crippen LogP contribution in [0.2, 0.25) is 0 Å². The van der Waals surface area contributed by atoms with E-state index < -0.39 is 0 Å². The van der Waals surface area contributed by atoms with Crippen molar-refractivity contribution in [1.29, 1.82) is 0 Å². The first-order valence-corrected chi connectivity index (χ1v) is 6.99. The maximum absolute atomic E-state index is 8.76. The molecule has 0 saturated heterocycles. The lowest BCUT2D eigenvalue weighted by molar-refractivity contribution is 0.292. The topological polar surface area (TPSA) is 44.3 Å². The zero-order valence-corrected chi connectivity index (χ0v) is 11.2. The third-order valence-electron chi connectivity index (χ3n) is 3.57. The molecule has 1 atom stereocenters. The summed E-state index contributed by atoms with van der Waals surface area (Å²) < 4.78 is 0. The van der Waals surface area contributed by atoms with Crippen molar-refractivity contribution in [3.8, 4) is 0 Å². The molecule has 3 nitrogen and oxygen atoms in total. The molecule has 0 bridgehead atoms. The summed E-state index contributed by atoms with van der Waals surface area (Å²) >= 11 is 0. The van der Waals surface area contributed by atoms with E-state index in [2.05, 4.69) is 35.8 Å². The van der Waals surface area contributed by atoms with Crippen LogP contribution in [-0.2, 0) is 19.5 Å². The maximum Gasteiger partial charge on any atom is 0.0556 e. The van der Waals surface area contributed by atoms with Crippen LogP contribution in [0.1, 0.15) is 36.5 Å². The van der Waals surface area contributed by atoms with Gasteiger partial charge in [-0.15, -0.1) is 0 Å². The Morgan fingerprint density at radius 3 is 3.06 bits per heavy atom. The zero-order chi connectivity index (χ0) is 12.8. The molecule has 3 N–H and O–H groups in total. The molecule has 1 aliphatic heterocycles. The lowest BCUT2D eigenvalue weighted by Crippen LogP contribution is -2.35. The molecule has 18 heavy (non-hydrogen) atoms. The molecule has 0 aliphatic carbocycles. The van der Waals surface area contributed by atoms with Gasteiger partial charge in [-0.05, 0) is 29.5 Å². The Labute approximate surface area is 110 Å². The molecule has 0 radical (unpaired) electrons. The summed E-state index contributed by atoms with van der Waals surface area (Å²) in [6, 6.07) is 7.39. The van der Waals surface area contributed by atoms with Crippen LogP contribution < -0.4 is 10.6 Å². The van der Waals surface area contributed by atoms with Gasteiger partial charge < -0.3 is 15.7 Å². The first-order chi connectivity index (χ1) is 8.83. The third kappa shape index (κ3) is 3.55. The average Bonchev–Trinajstić information content (AvgIpc) is 2.39. The van der Waals surface area contributed by atoms with Crippen LogP contribution in [0.15, 0.2) is 18.2 Å². The molecule has 1 heterocycles. The second-order valence-electron chi connectivity index (χ2n) is 5.07. The van der Waals surface area contributed by atoms with Crippen LogP contribution in [0.4, 0.5) is 0 Å². The van der Waals surface area contributed by atoms with Gasteiger partial charge in [0.2, 0.25) is 0 Å². The molecule has 3 heteroatoms. The van der Waals surface area contributed by atoms with Crippen molar-refractivity contribution in [3.05, 3.63) is 34.9 Å². The molecular weight excluding hydrogens is 224 g/mol. The lowest BCUT2D eigenvalue weighted by Gasteiger charge is -2.26. The van der Waals surface area contributed by atoms with Gasteiger partial charge in [-0.2, -0.15) is 0 Å². The molecule has 0 amide bonds. The fraction of sp³-hybridized carbons (Fsp3) is 0.600. The quantitative estimate of drug-likeness (QED) is 0.670. The van der Waals surface area contributed by atoms with Crippen molar-refractivity contribution in [2.75, 3.05) is 13.2 Å². The largest absolute Gasteiger partial charge is 0.395 e. The van der Waals surface area contributed by atoms with Gasteiger partial charge in [0.25, 0.3) is 0 Å². The van der Waals surface area contributed by atoms with E-state index in [0.29, 0.717) is 12.6 Å². The van der Waals surface area contributed by atoms with E-state index in [9.17, 15) is 0 Å². The van der Waals surface area contributed by atoms with Crippen molar-refractivity contribution < 1.29 is 5.11 Å². The smallest absolute Gasteiger partial charge is 0.0556 e. The summed E-state index contributed by atoms with van der Waals surface area (Å²) in [6.07, 6.45) is 3.65. The number of hydrogen-bond acceptors (Lipinski definition) is 3. The Morgan fingerprint density at radius 2 is 2.28 bits per heavy atom. The number of nitrogens with one attached hydrogen (secondary N) is 2. The highest BCUT2D eigenvalue weighted by molar-refractivity contribution is 5.34. The number of aliphatic hydroxyl groups is 1. The van der Waals surface area contributed by atoms with Crippen LogP contribution in [0.5, 0.6) is 0 Å². The molecule has 0 spiro atoms. The number of benzene rings is 1. The van der Waals surface area contributed by atoms with Gasteiger partial charge in [0.15, 0.2) is 0 Å². The Balaban J connectivity index is 1.99. The summed E-state index contributed by atoms with van der Waals surface area (Å²) in [5.74, 6) is 0. The van der Waals surface area contributed by atoms with Crippen molar-refractivity contribution >= 4 is 0 Å². The van der Waals surface area contributed by atoms with Gasteiger partial charge in [0.1, 0.15) is 0 Å². The lowest BCUT2D eigenvalue weighted by atomic mass is 9.92. The van der Waals surface area contributed by atoms with Crippen LogP contribution >= 0.6 is 0 Å². The highest BCUT2D eigenvalue weighted by atomic mass is 16.3. The standard InChI is InChI=1S/C15H24N2O/c1-2-3-15-9-14-8-12(10-16-6-7-18)4-5-13(14)11-17-15/h4-5,8,15-18H,2-3,6-7,9-11H2,1H3. The Kier molecular flexibility index (Phi) is 5.17. The Hall–Kier alpha value is -0.900. The summed E-state index contributed by atoms with van der Waals surface area (Å²) in [5.41, 5.74) is 4.25. The summed E-state index contributed by atoms with van der Waals surface area (Å²) in [6.45, 7) is 4.96. The van der Waals surface area contributed by atoms with E-state index in [1.165, 1.54) is 29.5 Å². The second-order valence-corrected chi connectivity index (χ2v) is 5.07. The normalized spacial score (nSPS) is 18.7. The minimum absolute atomic E-state index is 0.202. The minimum Gasteiger partial charge on any atom is -0.395 e. The molecule has 1 aliphatic rings. The first-order valence-electron chi connectivity index (χ1n) is 6.99. The van der Waals surface area contributed by atoms with Crippen LogP contribution in [0.3, 0.4) is 0 Å². The Bertz CT molecular complexity index is 379. The summed E-state index contributed by atoms with van der Waals surface area (Å²) in [4.78, 5) is 0. The average molecular weight is 248 g/mol. The third-order valence-corrected chi connectivity index (χ3v) is 3.57. The molecule has 0 aromatic heterocycles. The molecule has 100 valence electrons. The Morgan fingerprint density at radius 1 is 1.39 bits per heavy atom. The van der Waals surface area contributed by atoms with E-state index in [-0.39, 0.29) is 6.61 Å². The minimum atomic E-state index is 0.202. The molecule has 2 rings (SSSR count). The maximum atomic E-state index is 8.76. The van der Waals surface area contributed by atoms with Crippen molar-refractivity contribution in [2.24, 2.45) is 0 Å². The fourth-order valence-corrected chi connectivity index (χ4v) is 2.61. The molecule has 0 saturated carbocycles. The van der Waals surface area contributed by atoms with E-state index in [1.807, 2.05) is 0 Å². The van der Waals surface area contributed by atoms with Crippen molar-refractivity contribution in [3.63, 3.8) is 0 Å². The molecule has 1 aromatic carbocycles. The highest BCUT2D eigenvalue weighted by Gasteiger charge is 2.17. The second kappa shape index (κ2) is 6.88. The number of rotatable bonds is 6. The van der Waals surface area contributed by atoms with Crippen LogP contribution in [0, 0.1) is 0 Å². The zero-order valence-electron chi connectivity index (χ0n) is 11.2. The molecule has 0 fully saturated rings. The monoisotopic (exact) mass is 248 g/mol. The number of aliphatic hydroxyl groups excluding tert-OH is 1. The van der Waals surface area contributed by atoms with Gasteiger partial charge >= 0.3 is 0 Å². The summed E-state index contributed by atoms with van der Waals surface area (Å²) in [5, 5.41) is 15.6.